The topological polar surface area (TPSA) is 110 Å². The molecule has 128 valence electrons. The first-order valence-electron chi connectivity index (χ1n) is 7.84. The van der Waals surface area contributed by atoms with Crippen molar-refractivity contribution >= 4 is 5.97 Å². The molecule has 2 atom stereocenters. The standard InChI is InChI=1S/C16H20N4O4/c1-9-14(24-8-10-3-4-11(10)16(22)23)6-5-12(17-9)15-13(7-21)20(2)19-18-15/h5-6,10-11,21H,3-4,7-8H2,1-2H3,(H,22,23)/t10-,11+/m0/s1. The second kappa shape index (κ2) is 6.56. The van der Waals surface area contributed by atoms with E-state index in [1.807, 2.05) is 6.92 Å². The average molecular weight is 332 g/mol. The van der Waals surface area contributed by atoms with Crippen molar-refractivity contribution in [1.29, 1.82) is 0 Å². The van der Waals surface area contributed by atoms with Crippen molar-refractivity contribution in [2.24, 2.45) is 18.9 Å². The van der Waals surface area contributed by atoms with E-state index in [0.29, 0.717) is 35.1 Å². The smallest absolute Gasteiger partial charge is 0.306 e. The number of aliphatic carboxylic acids is 1. The van der Waals surface area contributed by atoms with Gasteiger partial charge in [-0.2, -0.15) is 0 Å². The van der Waals surface area contributed by atoms with Crippen molar-refractivity contribution < 1.29 is 19.7 Å². The molecule has 1 aliphatic rings. The highest BCUT2D eigenvalue weighted by atomic mass is 16.5. The van der Waals surface area contributed by atoms with Gasteiger partial charge in [0, 0.05) is 13.0 Å². The highest BCUT2D eigenvalue weighted by Crippen LogP contribution is 2.35. The monoisotopic (exact) mass is 332 g/mol. The number of aliphatic hydroxyl groups is 1. The van der Waals surface area contributed by atoms with E-state index in [0.717, 1.165) is 12.8 Å². The summed E-state index contributed by atoms with van der Waals surface area (Å²) in [5.41, 5.74) is 2.44. The van der Waals surface area contributed by atoms with E-state index in [4.69, 9.17) is 9.84 Å². The van der Waals surface area contributed by atoms with Gasteiger partial charge in [-0.1, -0.05) is 5.21 Å². The van der Waals surface area contributed by atoms with Crippen LogP contribution in [0.25, 0.3) is 11.4 Å². The molecule has 2 heterocycles. The van der Waals surface area contributed by atoms with E-state index in [-0.39, 0.29) is 18.4 Å². The van der Waals surface area contributed by atoms with E-state index in [2.05, 4.69) is 15.3 Å². The Labute approximate surface area is 139 Å². The molecule has 3 rings (SSSR count). The average Bonchev–Trinajstić information content (AvgIpc) is 2.88. The lowest BCUT2D eigenvalue weighted by atomic mass is 9.74. The molecule has 24 heavy (non-hydrogen) atoms. The summed E-state index contributed by atoms with van der Waals surface area (Å²) in [6, 6.07) is 3.56. The number of aryl methyl sites for hydroxylation is 2. The molecular weight excluding hydrogens is 312 g/mol. The fourth-order valence-corrected chi connectivity index (χ4v) is 2.88. The van der Waals surface area contributed by atoms with E-state index < -0.39 is 5.97 Å². The molecule has 0 aromatic carbocycles. The molecule has 1 saturated carbocycles. The van der Waals surface area contributed by atoms with Gasteiger partial charge in [-0.25, -0.2) is 9.67 Å². The molecule has 0 radical (unpaired) electrons. The van der Waals surface area contributed by atoms with E-state index >= 15 is 0 Å². The van der Waals surface area contributed by atoms with Crippen LogP contribution in [0.15, 0.2) is 12.1 Å². The Balaban J connectivity index is 1.72. The minimum Gasteiger partial charge on any atom is -0.491 e. The molecule has 0 unspecified atom stereocenters. The third-order valence-electron chi connectivity index (χ3n) is 4.56. The molecule has 0 spiro atoms. The second-order valence-corrected chi connectivity index (χ2v) is 6.04. The maximum absolute atomic E-state index is 11.0. The first-order valence-corrected chi connectivity index (χ1v) is 7.84. The van der Waals surface area contributed by atoms with Gasteiger partial charge in [0.25, 0.3) is 0 Å². The zero-order valence-electron chi connectivity index (χ0n) is 13.6. The number of ether oxygens (including phenoxy) is 1. The van der Waals surface area contributed by atoms with Gasteiger partial charge in [-0.15, -0.1) is 5.10 Å². The van der Waals surface area contributed by atoms with Crippen LogP contribution >= 0.6 is 0 Å². The number of hydrogen-bond acceptors (Lipinski definition) is 6. The van der Waals surface area contributed by atoms with Crippen molar-refractivity contribution in [1.82, 2.24) is 20.0 Å². The SMILES string of the molecule is Cc1nc(-c2nnn(C)c2CO)ccc1OC[C@@H]1CC[C@H]1C(=O)O. The van der Waals surface area contributed by atoms with E-state index in [9.17, 15) is 9.90 Å². The van der Waals surface area contributed by atoms with Crippen LogP contribution in [-0.4, -0.2) is 42.8 Å². The van der Waals surface area contributed by atoms with Crippen LogP contribution in [0.2, 0.25) is 0 Å². The third kappa shape index (κ3) is 2.96. The summed E-state index contributed by atoms with van der Waals surface area (Å²) in [6.45, 7) is 2.03. The van der Waals surface area contributed by atoms with Crippen molar-refractivity contribution in [3.05, 3.63) is 23.5 Å². The number of carbonyl (C=O) groups is 1. The molecule has 1 fully saturated rings. The maximum atomic E-state index is 11.0. The summed E-state index contributed by atoms with van der Waals surface area (Å²) < 4.78 is 7.27. The number of aliphatic hydroxyl groups excluding tert-OH is 1. The van der Waals surface area contributed by atoms with Crippen molar-refractivity contribution in [3.8, 4) is 17.1 Å². The summed E-state index contributed by atoms with van der Waals surface area (Å²) in [5.74, 6) is -0.366. The number of rotatable bonds is 6. The maximum Gasteiger partial charge on any atom is 0.306 e. The normalized spacial score (nSPS) is 19.8. The van der Waals surface area contributed by atoms with Gasteiger partial charge in [-0.3, -0.25) is 4.79 Å². The zero-order valence-corrected chi connectivity index (χ0v) is 13.6. The van der Waals surface area contributed by atoms with Crippen LogP contribution in [0, 0.1) is 18.8 Å². The molecule has 1 aliphatic carbocycles. The summed E-state index contributed by atoms with van der Waals surface area (Å²) >= 11 is 0. The molecule has 8 heteroatoms. The molecule has 8 nitrogen and oxygen atoms in total. The van der Waals surface area contributed by atoms with Crippen LogP contribution in [0.4, 0.5) is 0 Å². The van der Waals surface area contributed by atoms with Gasteiger partial charge in [0.15, 0.2) is 0 Å². The molecule has 0 bridgehead atoms. The number of pyridine rings is 1. The van der Waals surface area contributed by atoms with Gasteiger partial charge in [0.1, 0.15) is 11.4 Å². The predicted molar refractivity (Wildman–Crippen MR) is 84.2 cm³/mol. The Kier molecular flexibility index (Phi) is 4.48. The minimum atomic E-state index is -0.751. The Morgan fingerprint density at radius 3 is 2.79 bits per heavy atom. The zero-order chi connectivity index (χ0) is 17.3. The predicted octanol–water partition coefficient (Wildman–Crippen LogP) is 1.17. The Morgan fingerprint density at radius 1 is 1.42 bits per heavy atom. The molecule has 0 saturated heterocycles. The Hall–Kier alpha value is -2.48. The van der Waals surface area contributed by atoms with Gasteiger partial charge in [0.05, 0.1) is 36.2 Å². The van der Waals surface area contributed by atoms with Crippen LogP contribution < -0.4 is 4.74 Å². The summed E-state index contributed by atoms with van der Waals surface area (Å²) in [7, 11) is 1.71. The lowest BCUT2D eigenvalue weighted by Gasteiger charge is -2.33. The highest BCUT2D eigenvalue weighted by Gasteiger charge is 2.37. The van der Waals surface area contributed by atoms with Gasteiger partial charge < -0.3 is 14.9 Å². The largest absolute Gasteiger partial charge is 0.491 e. The molecule has 2 aromatic rings. The van der Waals surface area contributed by atoms with E-state index in [1.54, 1.807) is 19.2 Å². The summed E-state index contributed by atoms with van der Waals surface area (Å²) in [5, 5.41) is 26.4. The molecule has 2 N–H and O–H groups in total. The van der Waals surface area contributed by atoms with Crippen molar-refractivity contribution in [2.75, 3.05) is 6.61 Å². The van der Waals surface area contributed by atoms with E-state index in [1.165, 1.54) is 4.68 Å². The lowest BCUT2D eigenvalue weighted by molar-refractivity contribution is -0.148. The quantitative estimate of drug-likeness (QED) is 0.817. The number of carboxylic acids is 1. The van der Waals surface area contributed by atoms with Crippen LogP contribution in [0.3, 0.4) is 0 Å². The molecule has 0 amide bonds. The third-order valence-corrected chi connectivity index (χ3v) is 4.56. The fourth-order valence-electron chi connectivity index (χ4n) is 2.88. The highest BCUT2D eigenvalue weighted by molar-refractivity contribution is 5.71. The number of aromatic nitrogens is 4. The van der Waals surface area contributed by atoms with Gasteiger partial charge >= 0.3 is 5.97 Å². The Bertz CT molecular complexity index is 759. The van der Waals surface area contributed by atoms with Gasteiger partial charge in [0.2, 0.25) is 0 Å². The van der Waals surface area contributed by atoms with Crippen LogP contribution in [0.1, 0.15) is 24.2 Å². The first kappa shape index (κ1) is 16.4. The number of hydrogen-bond donors (Lipinski definition) is 2. The summed E-state index contributed by atoms with van der Waals surface area (Å²) in [4.78, 5) is 15.5. The second-order valence-electron chi connectivity index (χ2n) is 6.04. The number of nitrogens with zero attached hydrogens (tertiary/aromatic N) is 4. The Morgan fingerprint density at radius 2 is 2.21 bits per heavy atom. The molecular formula is C16H20N4O4. The van der Waals surface area contributed by atoms with Crippen LogP contribution in [-0.2, 0) is 18.4 Å². The van der Waals surface area contributed by atoms with Crippen LogP contribution in [0.5, 0.6) is 5.75 Å². The molecule has 0 aliphatic heterocycles. The van der Waals surface area contributed by atoms with Crippen molar-refractivity contribution in [2.45, 2.75) is 26.4 Å². The van der Waals surface area contributed by atoms with Crippen molar-refractivity contribution in [3.63, 3.8) is 0 Å². The fraction of sp³-hybridized carbons (Fsp3) is 0.500. The first-order chi connectivity index (χ1) is 11.5. The molecule has 2 aromatic heterocycles. The lowest BCUT2D eigenvalue weighted by Crippen LogP contribution is -2.36. The summed E-state index contributed by atoms with van der Waals surface area (Å²) in [6.07, 6.45) is 1.59. The minimum absolute atomic E-state index is 0.0579. The van der Waals surface area contributed by atoms with Gasteiger partial charge in [-0.05, 0) is 31.9 Å². The number of carboxylic acid groups (broad SMARTS) is 1.